The number of carbonyl (C=O) groups is 1. The third kappa shape index (κ3) is 3.86. The van der Waals surface area contributed by atoms with E-state index in [1.807, 2.05) is 18.7 Å². The summed E-state index contributed by atoms with van der Waals surface area (Å²) < 4.78 is 5.52. The molecule has 2 amide bonds. The van der Waals surface area contributed by atoms with Crippen molar-refractivity contribution >= 4 is 6.03 Å². The minimum atomic E-state index is -0.0150. The van der Waals surface area contributed by atoms with E-state index in [-0.39, 0.29) is 23.6 Å². The molecule has 130 valence electrons. The number of nitrogens with one attached hydrogen (secondary N) is 2. The molecule has 0 bridgehead atoms. The number of likely N-dealkylation sites (tertiary alicyclic amines) is 1. The van der Waals surface area contributed by atoms with Crippen LogP contribution >= 0.6 is 0 Å². The zero-order chi connectivity index (χ0) is 17.2. The molecule has 1 aliphatic heterocycles. The highest BCUT2D eigenvalue weighted by molar-refractivity contribution is 5.75. The molecule has 1 aromatic rings. The Balaban J connectivity index is 2.04. The van der Waals surface area contributed by atoms with Crippen LogP contribution in [0.1, 0.15) is 56.6 Å². The fourth-order valence-electron chi connectivity index (χ4n) is 3.39. The molecule has 0 aromatic carbocycles. The molecule has 1 fully saturated rings. The summed E-state index contributed by atoms with van der Waals surface area (Å²) in [6.07, 6.45) is 2.00. The maximum atomic E-state index is 12.6. The highest BCUT2D eigenvalue weighted by Crippen LogP contribution is 2.34. The normalized spacial score (nSPS) is 19.9. The lowest BCUT2D eigenvalue weighted by molar-refractivity contribution is 0.0184. The SMILES string of the molecule is CO[C@@H](CNC(=O)N1CCC[C@@H]1c1c(C)n[nH]c1C)C(C)(C)C. The van der Waals surface area contributed by atoms with Gasteiger partial charge in [-0.15, -0.1) is 0 Å². The summed E-state index contributed by atoms with van der Waals surface area (Å²) in [5, 5.41) is 10.3. The number of urea groups is 1. The predicted molar refractivity (Wildman–Crippen MR) is 90.4 cm³/mol. The van der Waals surface area contributed by atoms with Crippen LogP contribution in [0.25, 0.3) is 0 Å². The largest absolute Gasteiger partial charge is 0.379 e. The van der Waals surface area contributed by atoms with E-state index in [2.05, 4.69) is 36.3 Å². The van der Waals surface area contributed by atoms with Gasteiger partial charge in [0, 0.05) is 31.5 Å². The molecule has 2 N–H and O–H groups in total. The summed E-state index contributed by atoms with van der Waals surface area (Å²) in [6, 6.07) is 0.100. The summed E-state index contributed by atoms with van der Waals surface area (Å²) in [7, 11) is 1.69. The van der Waals surface area contributed by atoms with Crippen molar-refractivity contribution in [3.63, 3.8) is 0 Å². The molecule has 0 spiro atoms. The summed E-state index contributed by atoms with van der Waals surface area (Å²) in [4.78, 5) is 14.6. The molecule has 2 atom stereocenters. The van der Waals surface area contributed by atoms with E-state index >= 15 is 0 Å². The molecule has 6 nitrogen and oxygen atoms in total. The van der Waals surface area contributed by atoms with Crippen LogP contribution in [-0.4, -0.2) is 47.4 Å². The van der Waals surface area contributed by atoms with Crippen molar-refractivity contribution in [1.82, 2.24) is 20.4 Å². The van der Waals surface area contributed by atoms with Gasteiger partial charge in [0.25, 0.3) is 0 Å². The molecule has 1 aliphatic rings. The van der Waals surface area contributed by atoms with E-state index in [9.17, 15) is 4.79 Å². The van der Waals surface area contributed by atoms with Crippen molar-refractivity contribution < 1.29 is 9.53 Å². The first-order valence-electron chi connectivity index (χ1n) is 8.34. The van der Waals surface area contributed by atoms with E-state index in [0.717, 1.165) is 36.3 Å². The molecule has 0 radical (unpaired) electrons. The first kappa shape index (κ1) is 17.8. The van der Waals surface area contributed by atoms with Gasteiger partial charge in [-0.3, -0.25) is 5.10 Å². The van der Waals surface area contributed by atoms with Gasteiger partial charge < -0.3 is 15.0 Å². The van der Waals surface area contributed by atoms with Gasteiger partial charge in [-0.2, -0.15) is 5.10 Å². The topological polar surface area (TPSA) is 70.2 Å². The van der Waals surface area contributed by atoms with Crippen molar-refractivity contribution in [2.75, 3.05) is 20.2 Å². The van der Waals surface area contributed by atoms with Crippen molar-refractivity contribution in [3.05, 3.63) is 17.0 Å². The van der Waals surface area contributed by atoms with Crippen LogP contribution in [0, 0.1) is 19.3 Å². The number of H-pyrrole nitrogens is 1. The Morgan fingerprint density at radius 1 is 1.48 bits per heavy atom. The molecule has 2 rings (SSSR count). The van der Waals surface area contributed by atoms with Crippen LogP contribution in [0.15, 0.2) is 0 Å². The Labute approximate surface area is 139 Å². The second-order valence-corrected chi connectivity index (χ2v) is 7.48. The van der Waals surface area contributed by atoms with E-state index < -0.39 is 0 Å². The molecular weight excluding hydrogens is 292 g/mol. The molecular formula is C17H30N4O2. The third-order valence-electron chi connectivity index (χ3n) is 4.72. The number of hydrogen-bond acceptors (Lipinski definition) is 3. The summed E-state index contributed by atoms with van der Waals surface area (Å²) in [5.41, 5.74) is 3.19. The van der Waals surface area contributed by atoms with E-state index in [1.165, 1.54) is 0 Å². The molecule has 1 aromatic heterocycles. The molecule has 0 aliphatic carbocycles. The summed E-state index contributed by atoms with van der Waals surface area (Å²) in [6.45, 7) is 11.7. The van der Waals surface area contributed by atoms with E-state index in [4.69, 9.17) is 4.74 Å². The van der Waals surface area contributed by atoms with Crippen molar-refractivity contribution in [2.45, 2.75) is 59.6 Å². The highest BCUT2D eigenvalue weighted by Gasteiger charge is 2.33. The Morgan fingerprint density at radius 3 is 2.70 bits per heavy atom. The van der Waals surface area contributed by atoms with Crippen molar-refractivity contribution in [1.29, 1.82) is 0 Å². The van der Waals surface area contributed by atoms with Gasteiger partial charge in [-0.25, -0.2) is 4.79 Å². The van der Waals surface area contributed by atoms with Gasteiger partial charge in [-0.05, 0) is 32.1 Å². The smallest absolute Gasteiger partial charge is 0.318 e. The number of amides is 2. The number of aromatic nitrogens is 2. The monoisotopic (exact) mass is 322 g/mol. The number of aromatic amines is 1. The lowest BCUT2D eigenvalue weighted by atomic mass is 9.89. The van der Waals surface area contributed by atoms with Crippen LogP contribution in [-0.2, 0) is 4.74 Å². The molecule has 1 saturated heterocycles. The molecule has 2 heterocycles. The maximum Gasteiger partial charge on any atom is 0.318 e. The van der Waals surface area contributed by atoms with E-state index in [1.54, 1.807) is 7.11 Å². The van der Waals surface area contributed by atoms with Gasteiger partial charge in [0.1, 0.15) is 0 Å². The molecule has 0 saturated carbocycles. The molecule has 0 unspecified atom stereocenters. The Kier molecular flexibility index (Phi) is 5.34. The lowest BCUT2D eigenvalue weighted by Crippen LogP contribution is -2.46. The first-order chi connectivity index (χ1) is 10.8. The van der Waals surface area contributed by atoms with Crippen LogP contribution in [0.3, 0.4) is 0 Å². The van der Waals surface area contributed by atoms with Gasteiger partial charge in [0.05, 0.1) is 17.8 Å². The third-order valence-corrected chi connectivity index (χ3v) is 4.72. The van der Waals surface area contributed by atoms with Crippen LogP contribution in [0.2, 0.25) is 0 Å². The van der Waals surface area contributed by atoms with Gasteiger partial charge in [0.15, 0.2) is 0 Å². The van der Waals surface area contributed by atoms with Gasteiger partial charge in [0.2, 0.25) is 0 Å². The summed E-state index contributed by atoms with van der Waals surface area (Å²) in [5.74, 6) is 0. The fourth-order valence-corrected chi connectivity index (χ4v) is 3.39. The molecule has 23 heavy (non-hydrogen) atoms. The van der Waals surface area contributed by atoms with Crippen molar-refractivity contribution in [2.24, 2.45) is 5.41 Å². The lowest BCUT2D eigenvalue weighted by Gasteiger charge is -2.31. The molecule has 6 heteroatoms. The highest BCUT2D eigenvalue weighted by atomic mass is 16.5. The van der Waals surface area contributed by atoms with Crippen LogP contribution < -0.4 is 5.32 Å². The average molecular weight is 322 g/mol. The van der Waals surface area contributed by atoms with E-state index in [0.29, 0.717) is 6.54 Å². The van der Waals surface area contributed by atoms with Gasteiger partial charge >= 0.3 is 6.03 Å². The second kappa shape index (κ2) is 6.91. The average Bonchev–Trinajstić information content (AvgIpc) is 3.04. The number of methoxy groups -OCH3 is 1. The Morgan fingerprint density at radius 2 is 2.17 bits per heavy atom. The number of rotatable bonds is 4. The zero-order valence-electron chi connectivity index (χ0n) is 15.2. The Bertz CT molecular complexity index is 528. The fraction of sp³-hybridized carbons (Fsp3) is 0.765. The number of nitrogens with zero attached hydrogens (tertiary/aromatic N) is 2. The predicted octanol–water partition coefficient (Wildman–Crippen LogP) is 2.93. The number of carbonyl (C=O) groups excluding carboxylic acids is 1. The van der Waals surface area contributed by atoms with Gasteiger partial charge in [-0.1, -0.05) is 20.8 Å². The van der Waals surface area contributed by atoms with Crippen molar-refractivity contribution in [3.8, 4) is 0 Å². The minimum absolute atomic E-state index is 0.00935. The van der Waals surface area contributed by atoms with Crippen LogP contribution in [0.5, 0.6) is 0 Å². The number of hydrogen-bond donors (Lipinski definition) is 2. The number of aryl methyl sites for hydroxylation is 2. The van der Waals surface area contributed by atoms with Crippen LogP contribution in [0.4, 0.5) is 4.79 Å². The Hall–Kier alpha value is -1.56. The zero-order valence-corrected chi connectivity index (χ0v) is 15.2. The number of ether oxygens (including phenoxy) is 1. The maximum absolute atomic E-state index is 12.6. The summed E-state index contributed by atoms with van der Waals surface area (Å²) >= 11 is 0. The second-order valence-electron chi connectivity index (χ2n) is 7.48. The quantitative estimate of drug-likeness (QED) is 0.895. The standard InChI is InChI=1S/C17H30N4O2/c1-11-15(12(2)20-19-11)13-8-7-9-21(13)16(22)18-10-14(23-6)17(3,4)5/h13-14H,7-10H2,1-6H3,(H,18,22)(H,19,20)/t13-,14+/m1/s1. The first-order valence-corrected chi connectivity index (χ1v) is 8.34. The minimum Gasteiger partial charge on any atom is -0.379 e.